The molecule has 1 aliphatic heterocycles. The predicted octanol–water partition coefficient (Wildman–Crippen LogP) is 1.69. The van der Waals surface area contributed by atoms with E-state index in [1.807, 2.05) is 24.3 Å². The van der Waals surface area contributed by atoms with Gasteiger partial charge in [0, 0.05) is 19.5 Å². The molecule has 3 rings (SSSR count). The Balaban J connectivity index is 1.57. The minimum absolute atomic E-state index is 0.0573. The molecule has 0 saturated carbocycles. The van der Waals surface area contributed by atoms with E-state index in [2.05, 4.69) is 15.3 Å². The van der Waals surface area contributed by atoms with Gasteiger partial charge < -0.3 is 19.9 Å². The van der Waals surface area contributed by atoms with Crippen molar-refractivity contribution in [2.24, 2.45) is 0 Å². The van der Waals surface area contributed by atoms with Gasteiger partial charge in [0.2, 0.25) is 0 Å². The molecule has 6 nitrogen and oxygen atoms in total. The third-order valence-corrected chi connectivity index (χ3v) is 3.64. The van der Waals surface area contributed by atoms with Crippen molar-refractivity contribution in [1.82, 2.24) is 20.2 Å². The second kappa shape index (κ2) is 5.87. The number of hydrogen-bond donors (Lipinski definition) is 2. The van der Waals surface area contributed by atoms with Crippen LogP contribution in [0.15, 0.2) is 30.6 Å². The summed E-state index contributed by atoms with van der Waals surface area (Å²) in [7, 11) is 1.63. The van der Waals surface area contributed by atoms with Crippen molar-refractivity contribution in [2.45, 2.75) is 19.5 Å². The highest BCUT2D eigenvalue weighted by atomic mass is 16.5. The van der Waals surface area contributed by atoms with Gasteiger partial charge in [-0.25, -0.2) is 9.78 Å². The van der Waals surface area contributed by atoms with Crippen molar-refractivity contribution >= 4 is 6.03 Å². The molecule has 2 N–H and O–H groups in total. The standard InChI is InChI=1S/C15H18N4O2/c1-21-12-4-2-3-11(7-12)8-16-15(20)19-6-5-13-14(9-19)18-10-17-13/h2-4,7,10H,5-6,8-9H2,1H3,(H,16,20)(H,17,18). The van der Waals surface area contributed by atoms with Crippen molar-refractivity contribution in [3.05, 3.63) is 47.5 Å². The first kappa shape index (κ1) is 13.5. The molecule has 2 amide bonds. The summed E-state index contributed by atoms with van der Waals surface area (Å²) >= 11 is 0. The average molecular weight is 286 g/mol. The Hall–Kier alpha value is -2.50. The van der Waals surface area contributed by atoms with E-state index in [9.17, 15) is 4.79 Å². The summed E-state index contributed by atoms with van der Waals surface area (Å²) in [5.41, 5.74) is 3.10. The van der Waals surface area contributed by atoms with Crippen molar-refractivity contribution in [3.8, 4) is 5.75 Å². The van der Waals surface area contributed by atoms with Gasteiger partial charge in [-0.15, -0.1) is 0 Å². The number of nitrogens with one attached hydrogen (secondary N) is 2. The Morgan fingerprint density at radius 1 is 1.52 bits per heavy atom. The van der Waals surface area contributed by atoms with E-state index in [-0.39, 0.29) is 6.03 Å². The number of nitrogens with zero attached hydrogens (tertiary/aromatic N) is 2. The van der Waals surface area contributed by atoms with Crippen LogP contribution in [-0.4, -0.2) is 34.6 Å². The Morgan fingerprint density at radius 2 is 2.43 bits per heavy atom. The second-order valence-corrected chi connectivity index (χ2v) is 5.01. The minimum atomic E-state index is -0.0573. The van der Waals surface area contributed by atoms with Crippen LogP contribution in [-0.2, 0) is 19.5 Å². The third-order valence-electron chi connectivity index (χ3n) is 3.64. The molecule has 2 heterocycles. The number of aromatic amines is 1. The number of methoxy groups -OCH3 is 1. The smallest absolute Gasteiger partial charge is 0.318 e. The van der Waals surface area contributed by atoms with Gasteiger partial charge in [0.1, 0.15) is 5.75 Å². The van der Waals surface area contributed by atoms with Crippen LogP contribution in [0.2, 0.25) is 0 Å². The Morgan fingerprint density at radius 3 is 3.29 bits per heavy atom. The number of H-pyrrole nitrogens is 1. The van der Waals surface area contributed by atoms with E-state index in [1.165, 1.54) is 0 Å². The molecule has 0 radical (unpaired) electrons. The largest absolute Gasteiger partial charge is 0.497 e. The number of amides is 2. The average Bonchev–Trinajstić information content (AvgIpc) is 3.00. The topological polar surface area (TPSA) is 70.2 Å². The van der Waals surface area contributed by atoms with Gasteiger partial charge in [-0.1, -0.05) is 12.1 Å². The maximum atomic E-state index is 12.2. The molecule has 0 aliphatic carbocycles. The highest BCUT2D eigenvalue weighted by molar-refractivity contribution is 5.74. The lowest BCUT2D eigenvalue weighted by Crippen LogP contribution is -2.42. The van der Waals surface area contributed by atoms with Crippen LogP contribution in [0.25, 0.3) is 0 Å². The number of hydrogen-bond acceptors (Lipinski definition) is 3. The number of imidazole rings is 1. The highest BCUT2D eigenvalue weighted by Gasteiger charge is 2.21. The second-order valence-electron chi connectivity index (χ2n) is 5.01. The molecule has 1 aromatic carbocycles. The summed E-state index contributed by atoms with van der Waals surface area (Å²) in [6.45, 7) is 1.77. The zero-order chi connectivity index (χ0) is 14.7. The molecule has 0 spiro atoms. The van der Waals surface area contributed by atoms with Crippen LogP contribution >= 0.6 is 0 Å². The van der Waals surface area contributed by atoms with Gasteiger partial charge >= 0.3 is 6.03 Å². The lowest BCUT2D eigenvalue weighted by Gasteiger charge is -2.26. The van der Waals surface area contributed by atoms with Crippen LogP contribution in [0.3, 0.4) is 0 Å². The SMILES string of the molecule is COc1cccc(CNC(=O)N2CCc3nc[nH]c3C2)c1. The molecular formula is C15H18N4O2. The number of carbonyl (C=O) groups is 1. The number of aromatic nitrogens is 2. The molecule has 0 atom stereocenters. The van der Waals surface area contributed by atoms with E-state index in [0.29, 0.717) is 19.6 Å². The Labute approximate surface area is 123 Å². The minimum Gasteiger partial charge on any atom is -0.497 e. The van der Waals surface area contributed by atoms with Crippen LogP contribution in [0, 0.1) is 0 Å². The maximum absolute atomic E-state index is 12.2. The fraction of sp³-hybridized carbons (Fsp3) is 0.333. The zero-order valence-electron chi connectivity index (χ0n) is 11.9. The molecule has 1 aromatic heterocycles. The van der Waals surface area contributed by atoms with Gasteiger partial charge in [0.25, 0.3) is 0 Å². The monoisotopic (exact) mass is 286 g/mol. The molecule has 0 fully saturated rings. The molecular weight excluding hydrogens is 268 g/mol. The number of benzene rings is 1. The predicted molar refractivity (Wildman–Crippen MR) is 77.9 cm³/mol. The summed E-state index contributed by atoms with van der Waals surface area (Å²) in [5.74, 6) is 0.793. The van der Waals surface area contributed by atoms with Crippen molar-refractivity contribution < 1.29 is 9.53 Å². The lowest BCUT2D eigenvalue weighted by atomic mass is 10.1. The van der Waals surface area contributed by atoms with E-state index >= 15 is 0 Å². The van der Waals surface area contributed by atoms with Crippen molar-refractivity contribution in [3.63, 3.8) is 0 Å². The number of urea groups is 1. The molecule has 110 valence electrons. The summed E-state index contributed by atoms with van der Waals surface area (Å²) in [4.78, 5) is 21.3. The number of carbonyl (C=O) groups excluding carboxylic acids is 1. The normalized spacial score (nSPS) is 13.7. The zero-order valence-corrected chi connectivity index (χ0v) is 11.9. The summed E-state index contributed by atoms with van der Waals surface area (Å²) in [6, 6.07) is 7.63. The van der Waals surface area contributed by atoms with E-state index < -0.39 is 0 Å². The summed E-state index contributed by atoms with van der Waals surface area (Å²) in [6.07, 6.45) is 2.48. The highest BCUT2D eigenvalue weighted by Crippen LogP contribution is 2.15. The van der Waals surface area contributed by atoms with Gasteiger partial charge in [-0.05, 0) is 17.7 Å². The van der Waals surface area contributed by atoms with E-state index in [0.717, 1.165) is 29.1 Å². The number of ether oxygens (including phenoxy) is 1. The van der Waals surface area contributed by atoms with Crippen molar-refractivity contribution in [2.75, 3.05) is 13.7 Å². The molecule has 6 heteroatoms. The van der Waals surface area contributed by atoms with Crippen LogP contribution in [0.1, 0.15) is 17.0 Å². The fourth-order valence-electron chi connectivity index (χ4n) is 2.46. The van der Waals surface area contributed by atoms with Gasteiger partial charge in [0.15, 0.2) is 0 Å². The summed E-state index contributed by atoms with van der Waals surface area (Å²) < 4.78 is 5.17. The Bertz CT molecular complexity index is 638. The molecule has 1 aliphatic rings. The first-order valence-corrected chi connectivity index (χ1v) is 6.93. The quantitative estimate of drug-likeness (QED) is 0.902. The van der Waals surface area contributed by atoms with Gasteiger partial charge in [-0.2, -0.15) is 0 Å². The maximum Gasteiger partial charge on any atom is 0.318 e. The van der Waals surface area contributed by atoms with Crippen LogP contribution in [0.5, 0.6) is 5.75 Å². The van der Waals surface area contributed by atoms with E-state index in [4.69, 9.17) is 4.74 Å². The third kappa shape index (κ3) is 2.99. The fourth-order valence-corrected chi connectivity index (χ4v) is 2.46. The summed E-state index contributed by atoms with van der Waals surface area (Å²) in [5, 5.41) is 2.94. The van der Waals surface area contributed by atoms with Gasteiger partial charge in [0.05, 0.1) is 31.4 Å². The molecule has 0 bridgehead atoms. The van der Waals surface area contributed by atoms with Gasteiger partial charge in [-0.3, -0.25) is 0 Å². The van der Waals surface area contributed by atoms with E-state index in [1.54, 1.807) is 18.3 Å². The Kier molecular flexibility index (Phi) is 3.77. The molecule has 0 unspecified atom stereocenters. The first-order valence-electron chi connectivity index (χ1n) is 6.93. The number of rotatable bonds is 3. The number of fused-ring (bicyclic) bond motifs is 1. The van der Waals surface area contributed by atoms with Crippen LogP contribution in [0.4, 0.5) is 4.79 Å². The lowest BCUT2D eigenvalue weighted by molar-refractivity contribution is 0.191. The molecule has 2 aromatic rings. The first-order chi connectivity index (χ1) is 10.3. The molecule has 0 saturated heterocycles. The van der Waals surface area contributed by atoms with Crippen LogP contribution < -0.4 is 10.1 Å². The van der Waals surface area contributed by atoms with Crippen molar-refractivity contribution in [1.29, 1.82) is 0 Å². The molecule has 21 heavy (non-hydrogen) atoms.